The maximum absolute atomic E-state index is 13.1. The van der Waals surface area contributed by atoms with Gasteiger partial charge < -0.3 is 19.3 Å². The molecule has 1 aromatic rings. The predicted octanol–water partition coefficient (Wildman–Crippen LogP) is 2.58. The van der Waals surface area contributed by atoms with Crippen molar-refractivity contribution in [1.82, 2.24) is 0 Å². The van der Waals surface area contributed by atoms with Gasteiger partial charge in [0.2, 0.25) is 0 Å². The fourth-order valence-corrected chi connectivity index (χ4v) is 4.48. The minimum Gasteiger partial charge on any atom is -0.633 e. The van der Waals surface area contributed by atoms with Crippen LogP contribution in [-0.4, -0.2) is 38.2 Å². The number of carbonyl (C=O) groups excluding carboxylic acids is 1. The molecule has 0 aromatic heterocycles. The summed E-state index contributed by atoms with van der Waals surface area (Å²) in [5, 5.41) is 13.1. The summed E-state index contributed by atoms with van der Waals surface area (Å²) in [5.41, 5.74) is 2.76. The highest BCUT2D eigenvalue weighted by atomic mass is 16.5. The molecule has 5 nitrogen and oxygen atoms in total. The second-order valence-corrected chi connectivity index (χ2v) is 7.04. The second-order valence-electron chi connectivity index (χ2n) is 7.04. The number of methoxy groups -OCH3 is 2. The predicted molar refractivity (Wildman–Crippen MR) is 90.0 cm³/mol. The molecule has 0 fully saturated rings. The second kappa shape index (κ2) is 4.94. The molecule has 4 rings (SSSR count). The first-order valence-electron chi connectivity index (χ1n) is 8.19. The summed E-state index contributed by atoms with van der Waals surface area (Å²) < 4.78 is 10.9. The largest absolute Gasteiger partial charge is 0.633 e. The number of quaternary nitrogens is 1. The Bertz CT molecular complexity index is 775. The van der Waals surface area contributed by atoms with E-state index in [4.69, 9.17) is 9.47 Å². The molecule has 0 bridgehead atoms. The van der Waals surface area contributed by atoms with E-state index in [0.29, 0.717) is 24.5 Å². The Morgan fingerprint density at radius 1 is 1.25 bits per heavy atom. The standard InChI is InChI=1S/C19H21NO4/c1-20(22)9-6-12-10-15(23-2)18(24-3)17-16(12)14(20)11-19(17)7-4-13(21)5-8-19/h4-5,7-8,10,14H,6,9,11H2,1-3H3/t14-,20+/m1/s1. The highest BCUT2D eigenvalue weighted by Gasteiger charge is 2.52. The molecule has 2 aliphatic carbocycles. The molecule has 5 heteroatoms. The number of hydrogen-bond donors (Lipinski definition) is 0. The van der Waals surface area contributed by atoms with Gasteiger partial charge in [-0.3, -0.25) is 4.79 Å². The van der Waals surface area contributed by atoms with Crippen LogP contribution in [0.2, 0.25) is 0 Å². The van der Waals surface area contributed by atoms with Gasteiger partial charge in [0, 0.05) is 29.4 Å². The SMILES string of the molecule is COc1cc2c3c(c1OC)C1(C=CC(=O)C=C1)C[C@H]3[N@@+](C)([O-])CC2. The van der Waals surface area contributed by atoms with E-state index in [1.807, 2.05) is 18.2 Å². The number of hydrogen-bond acceptors (Lipinski definition) is 4. The fourth-order valence-electron chi connectivity index (χ4n) is 4.48. The number of hydroxylamine groups is 3. The van der Waals surface area contributed by atoms with Crippen molar-refractivity contribution in [3.05, 3.63) is 52.3 Å². The van der Waals surface area contributed by atoms with Crippen LogP contribution >= 0.6 is 0 Å². The summed E-state index contributed by atoms with van der Waals surface area (Å²) in [6.45, 7) is 0.551. The summed E-state index contributed by atoms with van der Waals surface area (Å²) in [7, 11) is 4.99. The molecule has 0 amide bonds. The molecular formula is C19H21NO4. The molecule has 0 saturated heterocycles. The molecule has 1 aliphatic heterocycles. The van der Waals surface area contributed by atoms with Crippen LogP contribution in [-0.2, 0) is 16.6 Å². The lowest BCUT2D eigenvalue weighted by atomic mass is 9.77. The topological polar surface area (TPSA) is 58.6 Å². The van der Waals surface area contributed by atoms with Crippen molar-refractivity contribution < 1.29 is 18.9 Å². The third-order valence-corrected chi connectivity index (χ3v) is 5.70. The summed E-state index contributed by atoms with van der Waals surface area (Å²) in [4.78, 5) is 11.7. The molecule has 1 spiro atoms. The monoisotopic (exact) mass is 327 g/mol. The number of benzene rings is 1. The molecule has 0 unspecified atom stereocenters. The molecule has 0 saturated carbocycles. The van der Waals surface area contributed by atoms with Gasteiger partial charge in [0.15, 0.2) is 17.3 Å². The first-order chi connectivity index (χ1) is 11.4. The van der Waals surface area contributed by atoms with Crippen molar-refractivity contribution in [2.45, 2.75) is 24.3 Å². The molecule has 2 atom stereocenters. The van der Waals surface area contributed by atoms with Gasteiger partial charge in [0.1, 0.15) is 6.04 Å². The van der Waals surface area contributed by atoms with Gasteiger partial charge >= 0.3 is 0 Å². The molecular weight excluding hydrogens is 306 g/mol. The first kappa shape index (κ1) is 15.4. The lowest BCUT2D eigenvalue weighted by Crippen LogP contribution is -2.45. The number of likely N-dealkylation sites (N-methyl/N-ethyl adjacent to an activating group) is 1. The number of fused-ring (bicyclic) bond motifs is 1. The number of ketones is 1. The van der Waals surface area contributed by atoms with E-state index in [9.17, 15) is 10.0 Å². The van der Waals surface area contributed by atoms with Crippen LogP contribution in [0.15, 0.2) is 30.4 Å². The Balaban J connectivity index is 2.04. The Hall–Kier alpha value is -2.11. The van der Waals surface area contributed by atoms with Crippen LogP contribution in [0, 0.1) is 5.21 Å². The maximum atomic E-state index is 13.1. The summed E-state index contributed by atoms with van der Waals surface area (Å²) in [5.74, 6) is 1.33. The van der Waals surface area contributed by atoms with E-state index >= 15 is 0 Å². The molecule has 1 aromatic carbocycles. The molecule has 3 aliphatic rings. The van der Waals surface area contributed by atoms with E-state index in [1.165, 1.54) is 0 Å². The smallest absolute Gasteiger partial charge is 0.178 e. The van der Waals surface area contributed by atoms with Gasteiger partial charge in [-0.2, -0.15) is 0 Å². The summed E-state index contributed by atoms with van der Waals surface area (Å²) >= 11 is 0. The number of ether oxygens (including phenoxy) is 2. The van der Waals surface area contributed by atoms with Crippen LogP contribution in [0.1, 0.15) is 29.2 Å². The molecule has 0 radical (unpaired) electrons. The van der Waals surface area contributed by atoms with Crippen LogP contribution in [0.3, 0.4) is 0 Å². The zero-order valence-electron chi connectivity index (χ0n) is 14.2. The fraction of sp³-hybridized carbons (Fsp3) is 0.421. The minimum atomic E-state index is -0.475. The van der Waals surface area contributed by atoms with Crippen LogP contribution in [0.4, 0.5) is 0 Å². The Labute approximate surface area is 141 Å². The Kier molecular flexibility index (Phi) is 3.18. The highest BCUT2D eigenvalue weighted by Crippen LogP contribution is 2.59. The van der Waals surface area contributed by atoms with Gasteiger partial charge in [0.05, 0.1) is 27.8 Å². The Morgan fingerprint density at radius 3 is 2.58 bits per heavy atom. The lowest BCUT2D eigenvalue weighted by molar-refractivity contribution is -0.894. The first-order valence-corrected chi connectivity index (χ1v) is 8.19. The van der Waals surface area contributed by atoms with E-state index in [1.54, 1.807) is 33.4 Å². The van der Waals surface area contributed by atoms with E-state index in [-0.39, 0.29) is 16.5 Å². The van der Waals surface area contributed by atoms with Crippen molar-refractivity contribution >= 4 is 5.78 Å². The van der Waals surface area contributed by atoms with Crippen LogP contribution < -0.4 is 9.47 Å². The number of nitrogens with zero attached hydrogens (tertiary/aromatic N) is 1. The highest BCUT2D eigenvalue weighted by molar-refractivity contribution is 6.01. The zero-order chi connectivity index (χ0) is 17.1. The minimum absolute atomic E-state index is 0.0260. The van der Waals surface area contributed by atoms with E-state index in [0.717, 1.165) is 23.1 Å². The van der Waals surface area contributed by atoms with Crippen molar-refractivity contribution in [2.75, 3.05) is 27.8 Å². The third-order valence-electron chi connectivity index (χ3n) is 5.70. The van der Waals surface area contributed by atoms with Crippen molar-refractivity contribution in [2.24, 2.45) is 0 Å². The quantitative estimate of drug-likeness (QED) is 0.619. The van der Waals surface area contributed by atoms with Gasteiger partial charge in [0.25, 0.3) is 0 Å². The van der Waals surface area contributed by atoms with Crippen molar-refractivity contribution in [3.63, 3.8) is 0 Å². The molecule has 1 heterocycles. The number of allylic oxidation sites excluding steroid dienone is 4. The average Bonchev–Trinajstić information content (AvgIpc) is 2.91. The maximum Gasteiger partial charge on any atom is 0.178 e. The zero-order valence-corrected chi connectivity index (χ0v) is 14.2. The van der Waals surface area contributed by atoms with Gasteiger partial charge in [-0.1, -0.05) is 12.2 Å². The summed E-state index contributed by atoms with van der Waals surface area (Å²) in [6.07, 6.45) is 8.41. The molecule has 0 N–H and O–H groups in total. The van der Waals surface area contributed by atoms with Crippen molar-refractivity contribution in [1.29, 1.82) is 0 Å². The molecule has 126 valence electrons. The lowest BCUT2D eigenvalue weighted by Gasteiger charge is -2.48. The van der Waals surface area contributed by atoms with Crippen LogP contribution in [0.25, 0.3) is 0 Å². The van der Waals surface area contributed by atoms with E-state index < -0.39 is 5.41 Å². The number of carbonyl (C=O) groups is 1. The molecule has 24 heavy (non-hydrogen) atoms. The van der Waals surface area contributed by atoms with Crippen LogP contribution in [0.5, 0.6) is 11.5 Å². The normalized spacial score (nSPS) is 29.0. The average molecular weight is 327 g/mol. The van der Waals surface area contributed by atoms with E-state index in [2.05, 4.69) is 0 Å². The number of rotatable bonds is 2. The Morgan fingerprint density at radius 2 is 1.96 bits per heavy atom. The summed E-state index contributed by atoms with van der Waals surface area (Å²) in [6, 6.07) is 1.86. The third kappa shape index (κ3) is 1.91. The van der Waals surface area contributed by atoms with Gasteiger partial charge in [-0.15, -0.1) is 0 Å². The van der Waals surface area contributed by atoms with Gasteiger partial charge in [-0.25, -0.2) is 0 Å². The van der Waals surface area contributed by atoms with Gasteiger partial charge in [-0.05, 0) is 23.8 Å². The van der Waals surface area contributed by atoms with Crippen molar-refractivity contribution in [3.8, 4) is 11.5 Å².